The molecule has 1 aromatic heterocycles. The highest BCUT2D eigenvalue weighted by Gasteiger charge is 2.16. The zero-order valence-corrected chi connectivity index (χ0v) is 12.4. The van der Waals surface area contributed by atoms with Crippen molar-refractivity contribution in [1.29, 1.82) is 0 Å². The minimum absolute atomic E-state index is 0.0839. The molecule has 0 aliphatic carbocycles. The number of amides is 1. The number of hydrogen-bond donors (Lipinski definition) is 1. The zero-order valence-electron chi connectivity index (χ0n) is 12.4. The summed E-state index contributed by atoms with van der Waals surface area (Å²) in [5.74, 6) is 0.0949. The van der Waals surface area contributed by atoms with Gasteiger partial charge in [0.2, 0.25) is 5.82 Å². The number of aromatic nitrogens is 3. The van der Waals surface area contributed by atoms with Gasteiger partial charge in [-0.05, 0) is 44.5 Å². The molecule has 2 rings (SSSR count). The van der Waals surface area contributed by atoms with Crippen LogP contribution in [0, 0.1) is 12.7 Å². The van der Waals surface area contributed by atoms with Crippen LogP contribution in [0.1, 0.15) is 43.1 Å². The normalized spacial score (nSPS) is 12.2. The molecular weight excluding hydrogens is 271 g/mol. The van der Waals surface area contributed by atoms with Crippen LogP contribution in [0.4, 0.5) is 4.39 Å². The summed E-state index contributed by atoms with van der Waals surface area (Å²) in [5, 5.41) is 7.05. The molecule has 0 aliphatic heterocycles. The number of hydrogen-bond acceptors (Lipinski definition) is 3. The van der Waals surface area contributed by atoms with E-state index in [0.717, 1.165) is 12.8 Å². The predicted molar refractivity (Wildman–Crippen MR) is 77.9 cm³/mol. The van der Waals surface area contributed by atoms with Crippen molar-refractivity contribution in [1.82, 2.24) is 20.1 Å². The molecule has 0 unspecified atom stereocenters. The molecule has 1 amide bonds. The topological polar surface area (TPSA) is 59.8 Å². The van der Waals surface area contributed by atoms with E-state index in [-0.39, 0.29) is 23.6 Å². The van der Waals surface area contributed by atoms with E-state index in [1.807, 2.05) is 6.92 Å². The van der Waals surface area contributed by atoms with Gasteiger partial charge in [0, 0.05) is 6.04 Å². The first-order valence-corrected chi connectivity index (χ1v) is 7.01. The van der Waals surface area contributed by atoms with Gasteiger partial charge in [0.15, 0.2) is 0 Å². The van der Waals surface area contributed by atoms with Gasteiger partial charge in [-0.25, -0.2) is 14.1 Å². The number of benzene rings is 1. The van der Waals surface area contributed by atoms with Crippen molar-refractivity contribution < 1.29 is 9.18 Å². The van der Waals surface area contributed by atoms with Crippen LogP contribution in [0.2, 0.25) is 0 Å². The van der Waals surface area contributed by atoms with Gasteiger partial charge >= 0.3 is 0 Å². The third kappa shape index (κ3) is 3.65. The predicted octanol–water partition coefficient (Wildman–Crippen LogP) is 2.63. The lowest BCUT2D eigenvalue weighted by Gasteiger charge is -2.10. The molecular formula is C15H19FN4O. The first-order valence-electron chi connectivity index (χ1n) is 7.01. The number of halogens is 1. The highest BCUT2D eigenvalue weighted by atomic mass is 19.1. The second-order valence-corrected chi connectivity index (χ2v) is 5.03. The number of nitrogens with zero attached hydrogens (tertiary/aromatic N) is 3. The molecule has 0 fully saturated rings. The second-order valence-electron chi connectivity index (χ2n) is 5.03. The summed E-state index contributed by atoms with van der Waals surface area (Å²) in [6.45, 7) is 5.77. The van der Waals surface area contributed by atoms with Gasteiger partial charge in [-0.3, -0.25) is 4.79 Å². The van der Waals surface area contributed by atoms with E-state index in [4.69, 9.17) is 0 Å². The molecule has 0 radical (unpaired) electrons. The van der Waals surface area contributed by atoms with Crippen LogP contribution in [-0.4, -0.2) is 26.7 Å². The molecule has 1 atom stereocenters. The summed E-state index contributed by atoms with van der Waals surface area (Å²) in [7, 11) is 0. The molecule has 5 nitrogen and oxygen atoms in total. The van der Waals surface area contributed by atoms with Crippen molar-refractivity contribution in [2.24, 2.45) is 0 Å². The molecule has 2 aromatic rings. The lowest BCUT2D eigenvalue weighted by molar-refractivity contribution is 0.0928. The second kappa shape index (κ2) is 6.47. The number of carbonyl (C=O) groups excluding carboxylic acids is 1. The maximum absolute atomic E-state index is 12.9. The summed E-state index contributed by atoms with van der Waals surface area (Å²) in [6, 6.07) is 5.97. The van der Waals surface area contributed by atoms with E-state index in [1.54, 1.807) is 19.1 Å². The van der Waals surface area contributed by atoms with Gasteiger partial charge in [-0.1, -0.05) is 13.3 Å². The summed E-state index contributed by atoms with van der Waals surface area (Å²) >= 11 is 0. The third-order valence-corrected chi connectivity index (χ3v) is 3.14. The number of nitrogens with one attached hydrogen (secondary N) is 1. The van der Waals surface area contributed by atoms with Crippen molar-refractivity contribution in [3.63, 3.8) is 0 Å². The highest BCUT2D eigenvalue weighted by molar-refractivity contribution is 5.90. The smallest absolute Gasteiger partial charge is 0.291 e. The summed E-state index contributed by atoms with van der Waals surface area (Å²) in [4.78, 5) is 16.2. The molecule has 1 heterocycles. The Bertz CT molecular complexity index is 621. The molecule has 1 N–H and O–H groups in total. The van der Waals surface area contributed by atoms with Crippen molar-refractivity contribution in [2.45, 2.75) is 39.7 Å². The number of rotatable bonds is 5. The fourth-order valence-electron chi connectivity index (χ4n) is 2.11. The zero-order chi connectivity index (χ0) is 15.4. The Hall–Kier alpha value is -2.24. The number of carbonyl (C=O) groups is 1. The molecule has 0 bridgehead atoms. The molecule has 0 aliphatic rings. The summed E-state index contributed by atoms with van der Waals surface area (Å²) in [5.41, 5.74) is 0.669. The molecule has 0 saturated heterocycles. The third-order valence-electron chi connectivity index (χ3n) is 3.14. The van der Waals surface area contributed by atoms with Crippen molar-refractivity contribution in [2.75, 3.05) is 0 Å². The van der Waals surface area contributed by atoms with E-state index in [9.17, 15) is 9.18 Å². The molecule has 0 saturated carbocycles. The maximum atomic E-state index is 12.9. The van der Waals surface area contributed by atoms with Crippen LogP contribution in [0.3, 0.4) is 0 Å². The minimum atomic E-state index is -0.317. The van der Waals surface area contributed by atoms with Crippen molar-refractivity contribution >= 4 is 5.91 Å². The summed E-state index contributed by atoms with van der Waals surface area (Å²) in [6.07, 6.45) is 1.90. The fourth-order valence-corrected chi connectivity index (χ4v) is 2.11. The van der Waals surface area contributed by atoms with Crippen LogP contribution < -0.4 is 5.32 Å². The van der Waals surface area contributed by atoms with Crippen LogP contribution in [0.5, 0.6) is 0 Å². The van der Waals surface area contributed by atoms with E-state index < -0.39 is 0 Å². The van der Waals surface area contributed by atoms with E-state index >= 15 is 0 Å². The molecule has 21 heavy (non-hydrogen) atoms. The standard InChI is InChI=1S/C15H19FN4O/c1-4-5-10(2)17-15(21)14-18-11(3)20(19-14)13-8-6-12(16)7-9-13/h6-10H,4-5H2,1-3H3,(H,17,21)/t10-/m0/s1. The van der Waals surface area contributed by atoms with Crippen molar-refractivity contribution in [3.8, 4) is 5.69 Å². The highest BCUT2D eigenvalue weighted by Crippen LogP contribution is 2.10. The van der Waals surface area contributed by atoms with E-state index in [1.165, 1.54) is 16.8 Å². The minimum Gasteiger partial charge on any atom is -0.347 e. The van der Waals surface area contributed by atoms with E-state index in [0.29, 0.717) is 11.5 Å². The van der Waals surface area contributed by atoms with Gasteiger partial charge < -0.3 is 5.32 Å². The average molecular weight is 290 g/mol. The number of aryl methyl sites for hydroxylation is 1. The first kappa shape index (κ1) is 15.2. The summed E-state index contributed by atoms with van der Waals surface area (Å²) < 4.78 is 14.5. The lowest BCUT2D eigenvalue weighted by Crippen LogP contribution is -2.33. The van der Waals surface area contributed by atoms with Gasteiger partial charge in [0.05, 0.1) is 5.69 Å². The van der Waals surface area contributed by atoms with Crippen molar-refractivity contribution in [3.05, 3.63) is 41.7 Å². The Balaban J connectivity index is 2.19. The monoisotopic (exact) mass is 290 g/mol. The Labute approximate surface area is 123 Å². The molecule has 1 aromatic carbocycles. The Morgan fingerprint density at radius 3 is 2.67 bits per heavy atom. The molecule has 112 valence electrons. The first-order chi connectivity index (χ1) is 10.0. The molecule has 0 spiro atoms. The van der Waals surface area contributed by atoms with E-state index in [2.05, 4.69) is 22.3 Å². The maximum Gasteiger partial charge on any atom is 0.291 e. The Kier molecular flexibility index (Phi) is 4.67. The Morgan fingerprint density at radius 1 is 1.38 bits per heavy atom. The SMILES string of the molecule is CCC[C@H](C)NC(=O)c1nc(C)n(-c2ccc(F)cc2)n1. The Morgan fingerprint density at radius 2 is 2.05 bits per heavy atom. The van der Waals surface area contributed by atoms with Gasteiger partial charge in [-0.2, -0.15) is 0 Å². The fraction of sp³-hybridized carbons (Fsp3) is 0.400. The van der Waals surface area contributed by atoms with Crippen LogP contribution >= 0.6 is 0 Å². The van der Waals surface area contributed by atoms with Gasteiger partial charge in [0.1, 0.15) is 11.6 Å². The van der Waals surface area contributed by atoms with Crippen LogP contribution in [0.25, 0.3) is 5.69 Å². The largest absolute Gasteiger partial charge is 0.347 e. The van der Waals surface area contributed by atoms with Crippen LogP contribution in [0.15, 0.2) is 24.3 Å². The average Bonchev–Trinajstić information content (AvgIpc) is 2.82. The quantitative estimate of drug-likeness (QED) is 0.921. The van der Waals surface area contributed by atoms with Gasteiger partial charge in [-0.15, -0.1) is 5.10 Å². The lowest BCUT2D eigenvalue weighted by atomic mass is 10.2. The molecule has 6 heteroatoms. The van der Waals surface area contributed by atoms with Gasteiger partial charge in [0.25, 0.3) is 5.91 Å². The van der Waals surface area contributed by atoms with Crippen LogP contribution in [-0.2, 0) is 0 Å².